The summed E-state index contributed by atoms with van der Waals surface area (Å²) in [7, 11) is 0. The van der Waals surface area contributed by atoms with Crippen molar-refractivity contribution in [3.8, 4) is 0 Å². The van der Waals surface area contributed by atoms with Crippen LogP contribution in [-0.2, 0) is 15.1 Å². The molecule has 4 nitrogen and oxygen atoms in total. The second-order valence-corrected chi connectivity index (χ2v) is 9.52. The van der Waals surface area contributed by atoms with Gasteiger partial charge in [0, 0.05) is 30.0 Å². The van der Waals surface area contributed by atoms with Gasteiger partial charge in [-0.2, -0.15) is 0 Å². The second-order valence-electron chi connectivity index (χ2n) is 9.52. The molecule has 2 aliphatic rings. The van der Waals surface area contributed by atoms with E-state index in [1.165, 1.54) is 0 Å². The number of aryl methyl sites for hydroxylation is 1. The lowest BCUT2D eigenvalue weighted by Crippen LogP contribution is -2.43. The number of benzene rings is 3. The summed E-state index contributed by atoms with van der Waals surface area (Å²) in [4.78, 5) is 13.8. The average Bonchev–Trinajstić information content (AvgIpc) is 3.43. The van der Waals surface area contributed by atoms with E-state index in [1.54, 1.807) is 0 Å². The van der Waals surface area contributed by atoms with Gasteiger partial charge in [0.2, 0.25) is 5.60 Å². The van der Waals surface area contributed by atoms with Crippen molar-refractivity contribution in [3.63, 3.8) is 0 Å². The number of hydrogen-bond acceptors (Lipinski definition) is 4. The molecule has 4 unspecified atom stereocenters. The molecule has 170 valence electrons. The van der Waals surface area contributed by atoms with Crippen LogP contribution in [-0.4, -0.2) is 29.8 Å². The van der Waals surface area contributed by atoms with Crippen molar-refractivity contribution in [2.75, 3.05) is 6.54 Å². The number of nitrogens with one attached hydrogen (secondary N) is 1. The number of rotatable bonds is 6. The van der Waals surface area contributed by atoms with Crippen LogP contribution in [0.25, 0.3) is 0 Å². The van der Waals surface area contributed by atoms with Crippen LogP contribution >= 0.6 is 0 Å². The first-order valence-corrected chi connectivity index (χ1v) is 11.9. The van der Waals surface area contributed by atoms with E-state index in [2.05, 4.69) is 24.4 Å². The second kappa shape index (κ2) is 8.77. The Morgan fingerprint density at radius 1 is 1.00 bits per heavy atom. The van der Waals surface area contributed by atoms with Gasteiger partial charge in [0.15, 0.2) is 0 Å². The highest BCUT2D eigenvalue weighted by molar-refractivity contribution is 5.86. The van der Waals surface area contributed by atoms with Crippen molar-refractivity contribution in [3.05, 3.63) is 107 Å². The molecular weight excluding hydrogens is 410 g/mol. The van der Waals surface area contributed by atoms with Crippen molar-refractivity contribution in [1.29, 1.82) is 0 Å². The highest BCUT2D eigenvalue weighted by atomic mass is 16.6. The minimum absolute atomic E-state index is 0.00324. The molecule has 0 spiro atoms. The lowest BCUT2D eigenvalue weighted by Gasteiger charge is -2.32. The van der Waals surface area contributed by atoms with Crippen LogP contribution in [0.3, 0.4) is 0 Å². The fourth-order valence-corrected chi connectivity index (χ4v) is 5.48. The average molecular weight is 442 g/mol. The quantitative estimate of drug-likeness (QED) is 0.546. The summed E-state index contributed by atoms with van der Waals surface area (Å²) in [5.74, 6) is -0.277. The number of esters is 1. The molecule has 1 saturated heterocycles. The standard InChI is InChI=1S/C29H31NO3/c1-19-12-15-23(16-13-19)29(32,28(31)33-27-22-14-17-26(27)30-18-22)25-11-7-6-10-24(25)20(2)21-8-4-3-5-9-21/h3-13,15-16,20,22,26-27,30,32H,14,17-18H2,1-2H3/t20-,22?,26?,27?,29?/m1/s1. The van der Waals surface area contributed by atoms with Crippen LogP contribution in [0.15, 0.2) is 78.9 Å². The number of hydrogen-bond donors (Lipinski definition) is 2. The summed E-state index contributed by atoms with van der Waals surface area (Å²) in [6.45, 7) is 4.97. The van der Waals surface area contributed by atoms with Crippen LogP contribution < -0.4 is 5.32 Å². The molecule has 0 aromatic heterocycles. The smallest absolute Gasteiger partial charge is 0.348 e. The molecule has 5 rings (SSSR count). The van der Waals surface area contributed by atoms with Gasteiger partial charge in [0.25, 0.3) is 0 Å². The normalized spacial score (nSPS) is 24.3. The summed E-state index contributed by atoms with van der Waals surface area (Å²) in [6.07, 6.45) is 1.88. The van der Waals surface area contributed by atoms with Gasteiger partial charge in [0.1, 0.15) is 6.10 Å². The van der Waals surface area contributed by atoms with Crippen LogP contribution in [0.5, 0.6) is 0 Å². The van der Waals surface area contributed by atoms with Crippen LogP contribution in [0, 0.1) is 12.8 Å². The van der Waals surface area contributed by atoms with Crippen LogP contribution in [0.1, 0.15) is 53.5 Å². The third kappa shape index (κ3) is 3.88. The molecule has 4 heteroatoms. The Hall–Kier alpha value is -2.95. The SMILES string of the molecule is Cc1ccc(C(O)(C(=O)OC2C3CCC2NC3)c2ccccc2[C@H](C)c2ccccc2)cc1. The fourth-order valence-electron chi connectivity index (χ4n) is 5.48. The fraction of sp³-hybridized carbons (Fsp3) is 0.345. The number of fused-ring (bicyclic) bond motifs is 2. The van der Waals surface area contributed by atoms with Crippen LogP contribution in [0.2, 0.25) is 0 Å². The Morgan fingerprint density at radius 3 is 2.33 bits per heavy atom. The highest BCUT2D eigenvalue weighted by Crippen LogP contribution is 2.40. The third-order valence-corrected chi connectivity index (χ3v) is 7.48. The van der Waals surface area contributed by atoms with Crippen LogP contribution in [0.4, 0.5) is 0 Å². The van der Waals surface area contributed by atoms with E-state index >= 15 is 0 Å². The summed E-state index contributed by atoms with van der Waals surface area (Å²) in [6, 6.07) is 25.6. The Kier molecular flexibility index (Phi) is 5.81. The van der Waals surface area contributed by atoms with Crippen molar-refractivity contribution in [1.82, 2.24) is 5.32 Å². The van der Waals surface area contributed by atoms with Gasteiger partial charge in [-0.3, -0.25) is 0 Å². The molecule has 2 fully saturated rings. The van der Waals surface area contributed by atoms with E-state index in [0.717, 1.165) is 36.1 Å². The lowest BCUT2D eigenvalue weighted by atomic mass is 9.79. The van der Waals surface area contributed by atoms with Gasteiger partial charge in [-0.25, -0.2) is 4.79 Å². The molecule has 0 radical (unpaired) electrons. The predicted octanol–water partition coefficient (Wildman–Crippen LogP) is 4.68. The van der Waals surface area contributed by atoms with Gasteiger partial charge in [-0.15, -0.1) is 0 Å². The summed E-state index contributed by atoms with van der Waals surface area (Å²) in [5, 5.41) is 15.7. The van der Waals surface area contributed by atoms with E-state index in [-0.39, 0.29) is 18.1 Å². The summed E-state index contributed by atoms with van der Waals surface area (Å²) >= 11 is 0. The highest BCUT2D eigenvalue weighted by Gasteiger charge is 2.49. The number of piperidine rings is 1. The molecule has 2 bridgehead atoms. The zero-order chi connectivity index (χ0) is 23.0. The zero-order valence-corrected chi connectivity index (χ0v) is 19.2. The van der Waals surface area contributed by atoms with Crippen molar-refractivity contribution >= 4 is 5.97 Å². The van der Waals surface area contributed by atoms with Crippen molar-refractivity contribution in [2.45, 2.75) is 50.4 Å². The minimum Gasteiger partial charge on any atom is -0.458 e. The first-order valence-electron chi connectivity index (χ1n) is 11.9. The summed E-state index contributed by atoms with van der Waals surface area (Å²) in [5.41, 5.74) is 2.32. The molecule has 2 N–H and O–H groups in total. The van der Waals surface area contributed by atoms with Crippen molar-refractivity contribution in [2.24, 2.45) is 5.92 Å². The third-order valence-electron chi connectivity index (χ3n) is 7.48. The molecule has 1 aliphatic heterocycles. The van der Waals surface area contributed by atoms with Gasteiger partial charge in [-0.1, -0.05) is 91.3 Å². The first kappa shape index (κ1) is 21.9. The van der Waals surface area contributed by atoms with E-state index in [4.69, 9.17) is 4.74 Å². The van der Waals surface area contributed by atoms with Gasteiger partial charge < -0.3 is 15.2 Å². The van der Waals surface area contributed by atoms with E-state index < -0.39 is 11.6 Å². The van der Waals surface area contributed by atoms with E-state index in [1.807, 2.05) is 73.7 Å². The summed E-state index contributed by atoms with van der Waals surface area (Å²) < 4.78 is 6.09. The maximum atomic E-state index is 13.8. The Bertz CT molecular complexity index is 1110. The lowest BCUT2D eigenvalue weighted by molar-refractivity contribution is -0.169. The molecule has 3 aromatic carbocycles. The number of carbonyl (C=O) groups is 1. The largest absolute Gasteiger partial charge is 0.458 e. The van der Waals surface area contributed by atoms with E-state index in [0.29, 0.717) is 17.0 Å². The topological polar surface area (TPSA) is 58.6 Å². The van der Waals surface area contributed by atoms with Gasteiger partial charge in [0.05, 0.1) is 0 Å². The molecule has 1 heterocycles. The predicted molar refractivity (Wildman–Crippen MR) is 129 cm³/mol. The maximum absolute atomic E-state index is 13.8. The zero-order valence-electron chi connectivity index (χ0n) is 19.2. The van der Waals surface area contributed by atoms with Gasteiger partial charge >= 0.3 is 5.97 Å². The monoisotopic (exact) mass is 441 g/mol. The minimum atomic E-state index is -1.89. The molecule has 1 saturated carbocycles. The molecule has 5 atom stereocenters. The molecule has 1 aliphatic carbocycles. The molecule has 0 amide bonds. The molecule has 3 aromatic rings. The maximum Gasteiger partial charge on any atom is 0.348 e. The number of aliphatic hydroxyl groups is 1. The number of carbonyl (C=O) groups excluding carboxylic acids is 1. The first-order chi connectivity index (χ1) is 16.0. The molecule has 33 heavy (non-hydrogen) atoms. The van der Waals surface area contributed by atoms with Gasteiger partial charge in [-0.05, 0) is 36.5 Å². The molecular formula is C29H31NO3. The van der Waals surface area contributed by atoms with Crippen molar-refractivity contribution < 1.29 is 14.6 Å². The van der Waals surface area contributed by atoms with E-state index in [9.17, 15) is 9.90 Å². The Balaban J connectivity index is 1.60. The number of ether oxygens (including phenoxy) is 1. The Labute approximate surface area is 195 Å². The Morgan fingerprint density at radius 2 is 1.70 bits per heavy atom.